The molecule has 6 nitrogen and oxygen atoms in total. The van der Waals surface area contributed by atoms with E-state index in [-0.39, 0.29) is 24.0 Å². The Morgan fingerprint density at radius 2 is 1.92 bits per heavy atom. The maximum Gasteiger partial charge on any atom is 0.191 e. The van der Waals surface area contributed by atoms with Gasteiger partial charge in [0.1, 0.15) is 11.3 Å². The van der Waals surface area contributed by atoms with Crippen LogP contribution in [0.4, 0.5) is 0 Å². The molecule has 0 amide bonds. The van der Waals surface area contributed by atoms with Crippen molar-refractivity contribution >= 4 is 40.9 Å². The first-order chi connectivity index (χ1) is 11.6. The average molecular weight is 453 g/mol. The van der Waals surface area contributed by atoms with Gasteiger partial charge in [0.2, 0.25) is 0 Å². The summed E-state index contributed by atoms with van der Waals surface area (Å²) in [6.07, 6.45) is 0. The third kappa shape index (κ3) is 4.33. The van der Waals surface area contributed by atoms with Crippen molar-refractivity contribution in [3.63, 3.8) is 0 Å². The summed E-state index contributed by atoms with van der Waals surface area (Å²) in [7, 11) is 3.72. The fourth-order valence-corrected chi connectivity index (χ4v) is 2.76. The summed E-state index contributed by atoms with van der Waals surface area (Å²) in [6.45, 7) is 5.36. The molecule has 2 aromatic heterocycles. The molecule has 7 heteroatoms. The highest BCUT2D eigenvalue weighted by molar-refractivity contribution is 14.0. The van der Waals surface area contributed by atoms with E-state index in [1.54, 1.807) is 7.05 Å². The van der Waals surface area contributed by atoms with Crippen molar-refractivity contribution < 1.29 is 4.42 Å². The van der Waals surface area contributed by atoms with E-state index in [9.17, 15) is 0 Å². The first kappa shape index (κ1) is 19.3. The Bertz CT molecular complexity index is 848. The molecule has 0 atom stereocenters. The zero-order valence-electron chi connectivity index (χ0n) is 15.0. The van der Waals surface area contributed by atoms with Crippen LogP contribution in [0.5, 0.6) is 0 Å². The molecule has 0 radical (unpaired) electrons. The van der Waals surface area contributed by atoms with Gasteiger partial charge in [0, 0.05) is 37.3 Å². The van der Waals surface area contributed by atoms with Gasteiger partial charge in [-0.2, -0.15) is 5.10 Å². The van der Waals surface area contributed by atoms with Crippen LogP contribution in [0, 0.1) is 13.8 Å². The molecule has 2 heterocycles. The Labute approximate surface area is 164 Å². The van der Waals surface area contributed by atoms with Crippen molar-refractivity contribution in [3.8, 4) is 0 Å². The lowest BCUT2D eigenvalue weighted by molar-refractivity contribution is 0.538. The molecule has 0 bridgehead atoms. The number of hydrogen-bond acceptors (Lipinski definition) is 3. The highest BCUT2D eigenvalue weighted by Gasteiger charge is 2.10. The molecule has 0 aliphatic carbocycles. The zero-order valence-corrected chi connectivity index (χ0v) is 17.3. The number of aryl methyl sites for hydroxylation is 2. The summed E-state index contributed by atoms with van der Waals surface area (Å²) >= 11 is 0. The summed E-state index contributed by atoms with van der Waals surface area (Å²) < 4.78 is 7.71. The lowest BCUT2D eigenvalue weighted by Crippen LogP contribution is -2.36. The standard InChI is InChI=1S/C18H23N5O.HI/c1-12-16(13(2)23(4)22-12)11-21-18(19-3)20-10-15-9-14-7-5-6-8-17(14)24-15;/h5-9H,10-11H2,1-4H3,(H2,19,20,21);1H. The summed E-state index contributed by atoms with van der Waals surface area (Å²) in [5, 5.41) is 12.2. The van der Waals surface area contributed by atoms with Gasteiger partial charge in [0.25, 0.3) is 0 Å². The van der Waals surface area contributed by atoms with E-state index in [1.807, 2.05) is 49.0 Å². The Hall–Kier alpha value is -2.03. The number of nitrogens with one attached hydrogen (secondary N) is 2. The van der Waals surface area contributed by atoms with E-state index in [1.165, 1.54) is 5.56 Å². The minimum atomic E-state index is 0. The molecule has 0 saturated heterocycles. The minimum Gasteiger partial charge on any atom is -0.459 e. The summed E-state index contributed by atoms with van der Waals surface area (Å²) in [6, 6.07) is 10.0. The van der Waals surface area contributed by atoms with Gasteiger partial charge in [-0.25, -0.2) is 0 Å². The summed E-state index contributed by atoms with van der Waals surface area (Å²) in [5.41, 5.74) is 4.30. The average Bonchev–Trinajstić information content (AvgIpc) is 3.09. The molecule has 0 aliphatic heterocycles. The monoisotopic (exact) mass is 453 g/mol. The van der Waals surface area contributed by atoms with Gasteiger partial charge < -0.3 is 15.1 Å². The molecule has 134 valence electrons. The highest BCUT2D eigenvalue weighted by Crippen LogP contribution is 2.18. The van der Waals surface area contributed by atoms with E-state index in [0.717, 1.165) is 34.1 Å². The normalized spacial score (nSPS) is 11.4. The number of guanidine groups is 1. The smallest absolute Gasteiger partial charge is 0.191 e. The molecule has 3 aromatic rings. The zero-order chi connectivity index (χ0) is 17.1. The minimum absolute atomic E-state index is 0. The van der Waals surface area contributed by atoms with E-state index >= 15 is 0 Å². The van der Waals surface area contributed by atoms with Gasteiger partial charge in [-0.15, -0.1) is 24.0 Å². The van der Waals surface area contributed by atoms with Crippen LogP contribution in [0.3, 0.4) is 0 Å². The number of furan rings is 1. The Balaban J connectivity index is 0.00000225. The second-order valence-corrected chi connectivity index (χ2v) is 5.80. The van der Waals surface area contributed by atoms with Gasteiger partial charge in [-0.05, 0) is 26.0 Å². The molecule has 0 spiro atoms. The largest absolute Gasteiger partial charge is 0.459 e. The SMILES string of the molecule is CN=C(NCc1cc2ccccc2o1)NCc1c(C)nn(C)c1C.I. The number of hydrogen-bond donors (Lipinski definition) is 2. The van der Waals surface area contributed by atoms with Gasteiger partial charge in [-0.1, -0.05) is 18.2 Å². The number of para-hydroxylation sites is 1. The third-order valence-electron chi connectivity index (χ3n) is 4.22. The predicted octanol–water partition coefficient (Wildman–Crippen LogP) is 3.27. The Morgan fingerprint density at radius 3 is 2.56 bits per heavy atom. The first-order valence-corrected chi connectivity index (χ1v) is 7.99. The van der Waals surface area contributed by atoms with Crippen molar-refractivity contribution in [1.82, 2.24) is 20.4 Å². The van der Waals surface area contributed by atoms with Crippen LogP contribution in [0.25, 0.3) is 11.0 Å². The maximum atomic E-state index is 5.81. The molecule has 0 fully saturated rings. The fourth-order valence-electron chi connectivity index (χ4n) is 2.76. The quantitative estimate of drug-likeness (QED) is 0.362. The van der Waals surface area contributed by atoms with Gasteiger partial charge in [0.05, 0.1) is 12.2 Å². The lowest BCUT2D eigenvalue weighted by Gasteiger charge is -2.11. The highest BCUT2D eigenvalue weighted by atomic mass is 127. The van der Waals surface area contributed by atoms with Crippen LogP contribution in [0.15, 0.2) is 39.7 Å². The summed E-state index contributed by atoms with van der Waals surface area (Å²) in [5.74, 6) is 1.62. The van der Waals surface area contributed by atoms with Gasteiger partial charge in [0.15, 0.2) is 5.96 Å². The van der Waals surface area contributed by atoms with Crippen LogP contribution in [0.1, 0.15) is 22.7 Å². The number of aromatic nitrogens is 2. The molecule has 2 N–H and O–H groups in total. The molecular formula is C18H24IN5O. The molecule has 0 aliphatic rings. The number of nitrogens with zero attached hydrogens (tertiary/aromatic N) is 3. The third-order valence-corrected chi connectivity index (χ3v) is 4.22. The second-order valence-electron chi connectivity index (χ2n) is 5.80. The second kappa shape index (κ2) is 8.37. The lowest BCUT2D eigenvalue weighted by atomic mass is 10.2. The van der Waals surface area contributed by atoms with Gasteiger partial charge >= 0.3 is 0 Å². The van der Waals surface area contributed by atoms with E-state index in [4.69, 9.17) is 4.42 Å². The molecule has 3 rings (SSSR count). The van der Waals surface area contributed by atoms with Crippen molar-refractivity contribution in [1.29, 1.82) is 0 Å². The molecule has 25 heavy (non-hydrogen) atoms. The Morgan fingerprint density at radius 1 is 1.20 bits per heavy atom. The number of benzene rings is 1. The predicted molar refractivity (Wildman–Crippen MR) is 111 cm³/mol. The maximum absolute atomic E-state index is 5.81. The van der Waals surface area contributed by atoms with Crippen molar-refractivity contribution in [2.24, 2.45) is 12.0 Å². The first-order valence-electron chi connectivity index (χ1n) is 7.99. The van der Waals surface area contributed by atoms with Crippen molar-refractivity contribution in [2.75, 3.05) is 7.05 Å². The van der Waals surface area contributed by atoms with Gasteiger partial charge in [-0.3, -0.25) is 9.67 Å². The fraction of sp³-hybridized carbons (Fsp3) is 0.333. The molecule has 0 saturated carbocycles. The number of fused-ring (bicyclic) bond motifs is 1. The van der Waals surface area contributed by atoms with Crippen LogP contribution in [-0.4, -0.2) is 22.8 Å². The number of halogens is 1. The molecular weight excluding hydrogens is 429 g/mol. The van der Waals surface area contributed by atoms with E-state index in [2.05, 4.69) is 27.6 Å². The van der Waals surface area contributed by atoms with E-state index in [0.29, 0.717) is 13.1 Å². The summed E-state index contributed by atoms with van der Waals surface area (Å²) in [4.78, 5) is 4.26. The van der Waals surface area contributed by atoms with Crippen LogP contribution in [-0.2, 0) is 20.1 Å². The topological polar surface area (TPSA) is 67.4 Å². The Kier molecular flexibility index (Phi) is 6.46. The number of aliphatic imine (C=N–C) groups is 1. The number of rotatable bonds is 4. The van der Waals surface area contributed by atoms with Crippen LogP contribution >= 0.6 is 24.0 Å². The van der Waals surface area contributed by atoms with E-state index < -0.39 is 0 Å². The molecule has 1 aromatic carbocycles. The van der Waals surface area contributed by atoms with Crippen LogP contribution < -0.4 is 10.6 Å². The molecule has 0 unspecified atom stereocenters. The van der Waals surface area contributed by atoms with Crippen molar-refractivity contribution in [2.45, 2.75) is 26.9 Å². The van der Waals surface area contributed by atoms with Crippen LogP contribution in [0.2, 0.25) is 0 Å². The van der Waals surface area contributed by atoms with Crippen molar-refractivity contribution in [3.05, 3.63) is 53.0 Å².